The number of hydrazone groups is 1. The molecule has 0 radical (unpaired) electrons. The normalized spacial score (nSPS) is 17.4. The molecule has 1 saturated heterocycles. The lowest BCUT2D eigenvalue weighted by Gasteiger charge is -2.37. The van der Waals surface area contributed by atoms with Gasteiger partial charge in [0.2, 0.25) is 5.95 Å². The third-order valence-corrected chi connectivity index (χ3v) is 6.14. The van der Waals surface area contributed by atoms with Crippen LogP contribution in [0, 0.1) is 29.9 Å². The Morgan fingerprint density at radius 2 is 1.95 bits per heavy atom. The third-order valence-electron chi connectivity index (χ3n) is 6.14. The first-order chi connectivity index (χ1) is 17.9. The number of benzene rings is 1. The molecule has 2 amide bonds. The van der Waals surface area contributed by atoms with Crippen LogP contribution in [-0.2, 0) is 6.67 Å². The zero-order chi connectivity index (χ0) is 26.1. The Morgan fingerprint density at radius 1 is 1.16 bits per heavy atom. The fourth-order valence-electron chi connectivity index (χ4n) is 4.34. The van der Waals surface area contributed by atoms with Gasteiger partial charge in [-0.3, -0.25) is 0 Å². The lowest BCUT2D eigenvalue weighted by Crippen LogP contribution is -2.52. The van der Waals surface area contributed by atoms with E-state index in [2.05, 4.69) is 25.2 Å². The zero-order valence-electron chi connectivity index (χ0n) is 19.7. The number of piperazine rings is 1. The summed E-state index contributed by atoms with van der Waals surface area (Å²) in [7, 11) is 0. The van der Waals surface area contributed by atoms with E-state index in [4.69, 9.17) is 5.26 Å². The Morgan fingerprint density at radius 3 is 2.65 bits per heavy atom. The fraction of sp³-hybridized carbons (Fsp3) is 0.348. The van der Waals surface area contributed by atoms with E-state index in [1.165, 1.54) is 11.1 Å². The van der Waals surface area contributed by atoms with Gasteiger partial charge in [-0.05, 0) is 30.7 Å². The molecule has 2 aliphatic rings. The van der Waals surface area contributed by atoms with E-state index in [0.29, 0.717) is 38.2 Å². The molecule has 0 N–H and O–H groups in total. The van der Waals surface area contributed by atoms with Crippen molar-refractivity contribution in [3.63, 3.8) is 0 Å². The molecule has 1 aromatic carbocycles. The van der Waals surface area contributed by atoms with Gasteiger partial charge in [0.25, 0.3) is 0 Å². The van der Waals surface area contributed by atoms with E-state index in [1.54, 1.807) is 29.0 Å². The maximum Gasteiger partial charge on any atom is 0.341 e. The van der Waals surface area contributed by atoms with Crippen molar-refractivity contribution in [2.75, 3.05) is 31.1 Å². The summed E-state index contributed by atoms with van der Waals surface area (Å²) in [5.41, 5.74) is 0.663. The van der Waals surface area contributed by atoms with Crippen molar-refractivity contribution in [2.24, 2.45) is 5.10 Å². The number of rotatable bonds is 4. The van der Waals surface area contributed by atoms with E-state index in [1.807, 2.05) is 6.07 Å². The first-order valence-corrected chi connectivity index (χ1v) is 11.5. The molecular formula is C23H21F3N10O. The number of nitriles is 1. The molecule has 1 atom stereocenters. The van der Waals surface area contributed by atoms with Crippen LogP contribution in [0.2, 0.25) is 0 Å². The number of alkyl halides is 1. The van der Waals surface area contributed by atoms with Gasteiger partial charge in [-0.15, -0.1) is 5.10 Å². The average molecular weight is 510 g/mol. The molecule has 14 heteroatoms. The van der Waals surface area contributed by atoms with Gasteiger partial charge in [-0.25, -0.2) is 32.9 Å². The van der Waals surface area contributed by atoms with E-state index < -0.39 is 24.4 Å². The molecule has 190 valence electrons. The van der Waals surface area contributed by atoms with Crippen LogP contribution in [0.5, 0.6) is 0 Å². The zero-order valence-corrected chi connectivity index (χ0v) is 19.7. The van der Waals surface area contributed by atoms with Gasteiger partial charge in [0.1, 0.15) is 11.6 Å². The molecule has 0 unspecified atom stereocenters. The number of aromatic nitrogens is 5. The number of halogens is 3. The monoisotopic (exact) mass is 510 g/mol. The van der Waals surface area contributed by atoms with Crippen molar-refractivity contribution in [2.45, 2.75) is 26.1 Å². The summed E-state index contributed by atoms with van der Waals surface area (Å²) in [6.07, 6.45) is 3.01. The third kappa shape index (κ3) is 4.67. The van der Waals surface area contributed by atoms with Crippen molar-refractivity contribution in [1.82, 2.24) is 34.6 Å². The van der Waals surface area contributed by atoms with Gasteiger partial charge >= 0.3 is 6.03 Å². The van der Waals surface area contributed by atoms with Crippen LogP contribution in [0.25, 0.3) is 5.82 Å². The Labute approximate surface area is 209 Å². The molecule has 0 saturated carbocycles. The molecular weight excluding hydrogens is 489 g/mol. The lowest BCUT2D eigenvalue weighted by molar-refractivity contribution is 0.139. The van der Waals surface area contributed by atoms with Crippen molar-refractivity contribution in [3.05, 3.63) is 58.8 Å². The number of hydrogen-bond donors (Lipinski definition) is 0. The van der Waals surface area contributed by atoms with Crippen molar-refractivity contribution in [3.8, 4) is 11.9 Å². The van der Waals surface area contributed by atoms with Crippen LogP contribution >= 0.6 is 0 Å². The van der Waals surface area contributed by atoms with Crippen LogP contribution in [0.4, 0.5) is 23.9 Å². The number of aryl methyl sites for hydroxylation is 1. The number of hydrogen-bond acceptors (Lipinski definition) is 8. The highest BCUT2D eigenvalue weighted by molar-refractivity contribution is 5.78. The van der Waals surface area contributed by atoms with Crippen LogP contribution in [0.1, 0.15) is 35.2 Å². The van der Waals surface area contributed by atoms with Gasteiger partial charge in [-0.1, -0.05) is 0 Å². The summed E-state index contributed by atoms with van der Waals surface area (Å²) in [6, 6.07) is 5.05. The highest BCUT2D eigenvalue weighted by Gasteiger charge is 2.34. The van der Waals surface area contributed by atoms with Gasteiger partial charge in [0, 0.05) is 38.8 Å². The topological polar surface area (TPSA) is 119 Å². The minimum atomic E-state index is -0.885. The molecule has 0 bridgehead atoms. The lowest BCUT2D eigenvalue weighted by atomic mass is 10.0. The fourth-order valence-corrected chi connectivity index (χ4v) is 4.34. The predicted molar refractivity (Wildman–Crippen MR) is 124 cm³/mol. The molecule has 0 spiro atoms. The van der Waals surface area contributed by atoms with Gasteiger partial charge < -0.3 is 9.80 Å². The smallest absolute Gasteiger partial charge is 0.337 e. The highest BCUT2D eigenvalue weighted by atomic mass is 19.1. The van der Waals surface area contributed by atoms with Gasteiger partial charge in [0.15, 0.2) is 24.1 Å². The van der Waals surface area contributed by atoms with Crippen molar-refractivity contribution in [1.29, 1.82) is 5.26 Å². The molecule has 4 heterocycles. The number of nitrogens with zero attached hydrogens (tertiary/aromatic N) is 10. The Kier molecular flexibility index (Phi) is 6.43. The first-order valence-electron chi connectivity index (χ1n) is 11.5. The van der Waals surface area contributed by atoms with Crippen LogP contribution in [0.3, 0.4) is 0 Å². The van der Waals surface area contributed by atoms with Crippen molar-refractivity contribution >= 4 is 18.2 Å². The number of anilines is 1. The van der Waals surface area contributed by atoms with E-state index in [0.717, 1.165) is 16.9 Å². The minimum Gasteiger partial charge on any atom is -0.337 e. The maximum atomic E-state index is 14.5. The van der Waals surface area contributed by atoms with E-state index >= 15 is 0 Å². The number of carbonyl (C=O) groups is 1. The highest BCUT2D eigenvalue weighted by Crippen LogP contribution is 2.30. The van der Waals surface area contributed by atoms with E-state index in [-0.39, 0.29) is 35.0 Å². The summed E-state index contributed by atoms with van der Waals surface area (Å²) in [4.78, 5) is 28.9. The Bertz CT molecular complexity index is 1410. The average Bonchev–Trinajstić information content (AvgIpc) is 3.55. The first kappa shape index (κ1) is 24.2. The molecule has 1 fully saturated rings. The molecule has 3 aromatic rings. The Balaban J connectivity index is 1.28. The Hall–Kier alpha value is -4.54. The maximum absolute atomic E-state index is 14.5. The number of urea groups is 1. The quantitative estimate of drug-likeness (QED) is 0.529. The SMILES string of the molecule is Cc1nc(CF)nn1-c1nc(N2CCN(C(=O)N3N=CC[C@H]3c3cc(F)cc(C#N)c3)CC2)ncc1F. The van der Waals surface area contributed by atoms with Gasteiger partial charge in [0.05, 0.1) is 23.9 Å². The molecule has 37 heavy (non-hydrogen) atoms. The minimum absolute atomic E-state index is 0.0749. The van der Waals surface area contributed by atoms with Crippen LogP contribution < -0.4 is 4.90 Å². The largest absolute Gasteiger partial charge is 0.341 e. The second kappa shape index (κ2) is 9.84. The number of carbonyl (C=O) groups excluding carboxylic acids is 1. The molecule has 2 aliphatic heterocycles. The molecule has 0 aliphatic carbocycles. The summed E-state index contributed by atoms with van der Waals surface area (Å²) in [6.45, 7) is 2.04. The standard InChI is InChI=1S/C23H21F3N10O/c1-14-30-20(11-24)32-35(14)21-18(26)13-28-22(31-21)33-4-6-34(7-5-33)23(37)36-19(2-3-29-36)16-8-15(12-27)9-17(25)10-16/h3,8-10,13,19H,2,4-7,11H2,1H3/t19-/m0/s1. The summed E-state index contributed by atoms with van der Waals surface area (Å²) in [5, 5.41) is 18.6. The summed E-state index contributed by atoms with van der Waals surface area (Å²) < 4.78 is 42.5. The molecule has 11 nitrogen and oxygen atoms in total. The van der Waals surface area contributed by atoms with Crippen LogP contribution in [-0.4, -0.2) is 73.1 Å². The second-order valence-electron chi connectivity index (χ2n) is 8.50. The summed E-state index contributed by atoms with van der Waals surface area (Å²) in [5.74, 6) is -0.981. The van der Waals surface area contributed by atoms with Crippen LogP contribution in [0.15, 0.2) is 29.5 Å². The predicted octanol–water partition coefficient (Wildman–Crippen LogP) is 2.66. The van der Waals surface area contributed by atoms with Gasteiger partial charge in [-0.2, -0.15) is 20.0 Å². The number of amides is 2. The molecule has 2 aromatic heterocycles. The van der Waals surface area contributed by atoms with Crippen molar-refractivity contribution < 1.29 is 18.0 Å². The summed E-state index contributed by atoms with van der Waals surface area (Å²) >= 11 is 0. The second-order valence-corrected chi connectivity index (χ2v) is 8.50. The van der Waals surface area contributed by atoms with E-state index in [9.17, 15) is 18.0 Å². The molecule has 5 rings (SSSR count).